The van der Waals surface area contributed by atoms with Crippen molar-refractivity contribution < 1.29 is 17.2 Å². The lowest BCUT2D eigenvalue weighted by Crippen LogP contribution is -2.50. The summed E-state index contributed by atoms with van der Waals surface area (Å²) in [5.41, 5.74) is 2.32. The van der Waals surface area contributed by atoms with Crippen molar-refractivity contribution >= 4 is 33.8 Å². The Balaban J connectivity index is 0.00000256. The number of sulfone groups is 1. The highest BCUT2D eigenvalue weighted by Gasteiger charge is 2.42. The fraction of sp³-hybridized carbons (Fsp3) is 0.429. The summed E-state index contributed by atoms with van der Waals surface area (Å²) < 4.78 is 54.8. The third-order valence-electron chi connectivity index (χ3n) is 5.91. The topological polar surface area (TPSA) is 49.4 Å². The van der Waals surface area contributed by atoms with Crippen LogP contribution in [0.4, 0.5) is 8.78 Å². The fourth-order valence-corrected chi connectivity index (χ4v) is 7.15. The molecule has 2 aromatic rings. The molecule has 2 aromatic carbocycles. The summed E-state index contributed by atoms with van der Waals surface area (Å²) in [5.74, 6) is -2.48. The van der Waals surface area contributed by atoms with Gasteiger partial charge in [-0.15, -0.1) is 12.4 Å². The van der Waals surface area contributed by atoms with E-state index in [1.54, 1.807) is 0 Å². The summed E-state index contributed by atoms with van der Waals surface area (Å²) >= 11 is 6.07. The van der Waals surface area contributed by atoms with Crippen LogP contribution in [-0.4, -0.2) is 38.3 Å². The van der Waals surface area contributed by atoms with Crippen LogP contribution in [0.3, 0.4) is 0 Å². The highest BCUT2D eigenvalue weighted by Crippen LogP contribution is 2.36. The first-order chi connectivity index (χ1) is 13.9. The van der Waals surface area contributed by atoms with Crippen molar-refractivity contribution in [3.63, 3.8) is 0 Å². The maximum Gasteiger partial charge on any atom is 0.196 e. The van der Waals surface area contributed by atoms with Gasteiger partial charge in [0.1, 0.15) is 5.37 Å². The van der Waals surface area contributed by atoms with Crippen LogP contribution >= 0.6 is 24.0 Å². The van der Waals surface area contributed by atoms with Gasteiger partial charge in [-0.25, -0.2) is 17.2 Å². The van der Waals surface area contributed by atoms with Gasteiger partial charge in [-0.05, 0) is 61.5 Å². The SMILES string of the molecule is Cl.O=S(=O)(c1cc(F)c(F)cc1Cl)C(C1CCNCC1)N1CCc2ccccc2C1. The summed E-state index contributed by atoms with van der Waals surface area (Å²) in [6.45, 7) is 2.55. The molecular formula is C21H24Cl2F2N2O2S. The Bertz CT molecular complexity index is 1010. The maximum absolute atomic E-state index is 13.9. The molecule has 0 bridgehead atoms. The van der Waals surface area contributed by atoms with E-state index in [-0.39, 0.29) is 28.2 Å². The minimum atomic E-state index is -4.01. The minimum absolute atomic E-state index is 0. The van der Waals surface area contributed by atoms with Crippen LogP contribution in [0.2, 0.25) is 5.02 Å². The zero-order chi connectivity index (χ0) is 20.6. The number of piperidine rings is 1. The van der Waals surface area contributed by atoms with E-state index in [4.69, 9.17) is 11.6 Å². The van der Waals surface area contributed by atoms with Crippen molar-refractivity contribution in [1.29, 1.82) is 0 Å². The van der Waals surface area contributed by atoms with Crippen LogP contribution in [0, 0.1) is 17.6 Å². The number of halogens is 4. The monoisotopic (exact) mass is 476 g/mol. The average molecular weight is 477 g/mol. The van der Waals surface area contributed by atoms with E-state index in [2.05, 4.69) is 11.4 Å². The van der Waals surface area contributed by atoms with Crippen molar-refractivity contribution in [2.24, 2.45) is 5.92 Å². The first-order valence-electron chi connectivity index (χ1n) is 9.78. The second-order valence-corrected chi connectivity index (χ2v) is 10.1. The second-order valence-electron chi connectivity index (χ2n) is 7.71. The Hall–Kier alpha value is -1.25. The molecule has 164 valence electrons. The van der Waals surface area contributed by atoms with Crippen LogP contribution in [0.5, 0.6) is 0 Å². The number of hydrogen-bond donors (Lipinski definition) is 1. The molecule has 0 amide bonds. The Labute approximate surface area is 186 Å². The number of nitrogens with zero attached hydrogens (tertiary/aromatic N) is 1. The Kier molecular flexibility index (Phi) is 7.40. The first kappa shape index (κ1) is 23.4. The van der Waals surface area contributed by atoms with E-state index in [0.717, 1.165) is 37.2 Å². The molecule has 30 heavy (non-hydrogen) atoms. The van der Waals surface area contributed by atoms with E-state index >= 15 is 0 Å². The lowest BCUT2D eigenvalue weighted by molar-refractivity contribution is 0.159. The molecule has 2 heterocycles. The van der Waals surface area contributed by atoms with Gasteiger partial charge in [-0.1, -0.05) is 35.9 Å². The van der Waals surface area contributed by atoms with Gasteiger partial charge >= 0.3 is 0 Å². The zero-order valence-corrected chi connectivity index (χ0v) is 18.7. The fourth-order valence-electron chi connectivity index (χ4n) is 4.46. The third-order valence-corrected chi connectivity index (χ3v) is 8.60. The minimum Gasteiger partial charge on any atom is -0.317 e. The average Bonchev–Trinajstić information content (AvgIpc) is 2.71. The molecule has 1 unspecified atom stereocenters. The lowest BCUT2D eigenvalue weighted by Gasteiger charge is -2.40. The number of fused-ring (bicyclic) bond motifs is 1. The molecule has 4 nitrogen and oxygen atoms in total. The quantitative estimate of drug-likeness (QED) is 0.530. The summed E-state index contributed by atoms with van der Waals surface area (Å²) in [5, 5.41) is 2.15. The number of hydrogen-bond acceptors (Lipinski definition) is 4. The highest BCUT2D eigenvalue weighted by molar-refractivity contribution is 7.92. The van der Waals surface area contributed by atoms with E-state index < -0.39 is 26.8 Å². The van der Waals surface area contributed by atoms with Gasteiger partial charge in [-0.2, -0.15) is 0 Å². The Morgan fingerprint density at radius 1 is 1.07 bits per heavy atom. The van der Waals surface area contributed by atoms with Crippen LogP contribution in [0.15, 0.2) is 41.3 Å². The molecule has 4 rings (SSSR count). The van der Waals surface area contributed by atoms with Crippen LogP contribution in [0.1, 0.15) is 24.0 Å². The first-order valence-corrected chi connectivity index (χ1v) is 11.7. The van der Waals surface area contributed by atoms with Gasteiger partial charge in [0.25, 0.3) is 0 Å². The smallest absolute Gasteiger partial charge is 0.196 e. The van der Waals surface area contributed by atoms with E-state index in [9.17, 15) is 17.2 Å². The molecular weight excluding hydrogens is 453 g/mol. The van der Waals surface area contributed by atoms with Crippen molar-refractivity contribution in [1.82, 2.24) is 10.2 Å². The van der Waals surface area contributed by atoms with Gasteiger partial charge in [0, 0.05) is 13.1 Å². The van der Waals surface area contributed by atoms with Gasteiger partial charge in [0.05, 0.1) is 9.92 Å². The van der Waals surface area contributed by atoms with E-state index in [1.165, 1.54) is 5.56 Å². The summed E-state index contributed by atoms with van der Waals surface area (Å²) in [7, 11) is -4.01. The molecule has 1 saturated heterocycles. The normalized spacial score (nSPS) is 19.0. The van der Waals surface area contributed by atoms with Crippen molar-refractivity contribution in [3.05, 3.63) is 64.2 Å². The zero-order valence-electron chi connectivity index (χ0n) is 16.3. The Morgan fingerprint density at radius 3 is 2.40 bits per heavy atom. The molecule has 0 saturated carbocycles. The molecule has 1 N–H and O–H groups in total. The number of benzene rings is 2. The van der Waals surface area contributed by atoms with E-state index in [1.807, 2.05) is 23.1 Å². The molecule has 2 aliphatic heterocycles. The maximum atomic E-state index is 13.9. The molecule has 9 heteroatoms. The van der Waals surface area contributed by atoms with E-state index in [0.29, 0.717) is 25.9 Å². The Morgan fingerprint density at radius 2 is 1.70 bits per heavy atom. The van der Waals surface area contributed by atoms with Crippen molar-refractivity contribution in [2.45, 2.75) is 36.1 Å². The molecule has 0 aromatic heterocycles. The number of rotatable bonds is 4. The molecule has 1 atom stereocenters. The third kappa shape index (κ3) is 4.50. The lowest BCUT2D eigenvalue weighted by atomic mass is 9.94. The van der Waals surface area contributed by atoms with Crippen molar-refractivity contribution in [2.75, 3.05) is 19.6 Å². The second kappa shape index (κ2) is 9.49. The van der Waals surface area contributed by atoms with Crippen LogP contribution in [0.25, 0.3) is 0 Å². The largest absolute Gasteiger partial charge is 0.317 e. The van der Waals surface area contributed by atoms with Gasteiger partial charge < -0.3 is 5.32 Å². The molecule has 1 fully saturated rings. The summed E-state index contributed by atoms with van der Waals surface area (Å²) in [6, 6.07) is 9.47. The molecule has 0 aliphatic carbocycles. The van der Waals surface area contributed by atoms with Gasteiger partial charge in [0.15, 0.2) is 21.5 Å². The summed E-state index contributed by atoms with van der Waals surface area (Å²) in [4.78, 5) is 1.63. The number of nitrogens with one attached hydrogen (secondary N) is 1. The predicted octanol–water partition coefficient (Wildman–Crippen LogP) is 4.20. The van der Waals surface area contributed by atoms with Crippen LogP contribution < -0.4 is 5.32 Å². The molecule has 0 spiro atoms. The molecule has 0 radical (unpaired) electrons. The van der Waals surface area contributed by atoms with Gasteiger partial charge in [0.2, 0.25) is 0 Å². The van der Waals surface area contributed by atoms with Gasteiger partial charge in [-0.3, -0.25) is 4.90 Å². The summed E-state index contributed by atoms with van der Waals surface area (Å²) in [6.07, 6.45) is 2.14. The molecule has 2 aliphatic rings. The highest BCUT2D eigenvalue weighted by atomic mass is 35.5. The van der Waals surface area contributed by atoms with Crippen LogP contribution in [-0.2, 0) is 22.8 Å². The van der Waals surface area contributed by atoms with Crippen molar-refractivity contribution in [3.8, 4) is 0 Å². The predicted molar refractivity (Wildman–Crippen MR) is 116 cm³/mol. The standard InChI is InChI=1S/C21H23ClF2N2O2S.ClH/c22-17-11-18(23)19(24)12-20(17)29(27,28)21(15-5-8-25-9-6-15)26-10-7-14-3-1-2-4-16(14)13-26;/h1-4,11-12,15,21,25H,5-10,13H2;1H.